The fraction of sp³-hybridized carbons (Fsp3) is 0.545. The average Bonchev–Trinajstić information content (AvgIpc) is 2.15. The highest BCUT2D eigenvalue weighted by molar-refractivity contribution is 5.34. The summed E-state index contributed by atoms with van der Waals surface area (Å²) in [6, 6.07) is 1.98. The first-order chi connectivity index (χ1) is 7.05. The molecule has 0 aliphatic heterocycles. The zero-order valence-electron chi connectivity index (χ0n) is 9.03. The molecule has 1 aliphatic rings. The molecule has 1 heterocycles. The zero-order chi connectivity index (χ0) is 11.1. The number of hydrogen-bond acceptors (Lipinski definition) is 4. The third-order valence-electron chi connectivity index (χ3n) is 3.00. The lowest BCUT2D eigenvalue weighted by atomic mass is 9.71. The molecule has 2 rings (SSSR count). The van der Waals surface area contributed by atoms with Crippen LogP contribution in [0.25, 0.3) is 0 Å². The fourth-order valence-electron chi connectivity index (χ4n) is 2.07. The third-order valence-corrected chi connectivity index (χ3v) is 3.00. The third kappa shape index (κ3) is 1.70. The summed E-state index contributed by atoms with van der Waals surface area (Å²) in [5, 5.41) is 9.29. The number of aliphatic hydroxyl groups is 1. The van der Waals surface area contributed by atoms with Gasteiger partial charge >= 0.3 is 0 Å². The smallest absolute Gasteiger partial charge is 0.215 e. The molecule has 4 heteroatoms. The predicted octanol–water partition coefficient (Wildman–Crippen LogP) is 0.707. The Morgan fingerprint density at radius 2 is 2.27 bits per heavy atom. The highest BCUT2D eigenvalue weighted by Crippen LogP contribution is 2.39. The van der Waals surface area contributed by atoms with E-state index in [9.17, 15) is 5.11 Å². The molecule has 1 fully saturated rings. The van der Waals surface area contributed by atoms with Crippen molar-refractivity contribution in [1.82, 2.24) is 4.98 Å². The summed E-state index contributed by atoms with van der Waals surface area (Å²) >= 11 is 0. The Labute approximate surface area is 89.1 Å². The fourth-order valence-corrected chi connectivity index (χ4v) is 2.07. The Kier molecular flexibility index (Phi) is 2.40. The second kappa shape index (κ2) is 3.47. The van der Waals surface area contributed by atoms with Crippen molar-refractivity contribution in [3.8, 4) is 5.88 Å². The molecule has 1 aromatic heterocycles. The molecule has 0 spiro atoms. The number of aromatic nitrogens is 1. The zero-order valence-corrected chi connectivity index (χ0v) is 9.03. The van der Waals surface area contributed by atoms with Crippen LogP contribution in [0.3, 0.4) is 0 Å². The van der Waals surface area contributed by atoms with Gasteiger partial charge in [-0.25, -0.2) is 4.98 Å². The van der Waals surface area contributed by atoms with E-state index in [2.05, 4.69) is 4.98 Å². The van der Waals surface area contributed by atoms with Gasteiger partial charge in [-0.1, -0.05) is 0 Å². The largest absolute Gasteiger partial charge is 0.481 e. The summed E-state index contributed by atoms with van der Waals surface area (Å²) in [7, 11) is 1.60. The van der Waals surface area contributed by atoms with Crippen LogP contribution in [0.1, 0.15) is 24.0 Å². The van der Waals surface area contributed by atoms with Crippen LogP contribution >= 0.6 is 0 Å². The molecule has 1 aliphatic carbocycles. The van der Waals surface area contributed by atoms with Crippen LogP contribution in [0.5, 0.6) is 5.88 Å². The SMILES string of the molecule is COc1ncc(C2(N)CC(O)C2)cc1C. The van der Waals surface area contributed by atoms with Crippen LogP contribution in [0.15, 0.2) is 12.3 Å². The molecule has 0 atom stereocenters. The van der Waals surface area contributed by atoms with Gasteiger partial charge in [-0.2, -0.15) is 0 Å². The summed E-state index contributed by atoms with van der Waals surface area (Å²) in [5.74, 6) is 0.627. The highest BCUT2D eigenvalue weighted by Gasteiger charge is 2.41. The number of aryl methyl sites for hydroxylation is 1. The summed E-state index contributed by atoms with van der Waals surface area (Å²) < 4.78 is 5.08. The molecule has 15 heavy (non-hydrogen) atoms. The van der Waals surface area contributed by atoms with Gasteiger partial charge in [-0.15, -0.1) is 0 Å². The van der Waals surface area contributed by atoms with Crippen LogP contribution in [0.2, 0.25) is 0 Å². The molecule has 0 aromatic carbocycles. The van der Waals surface area contributed by atoms with Crippen molar-refractivity contribution in [2.75, 3.05) is 7.11 Å². The summed E-state index contributed by atoms with van der Waals surface area (Å²) in [4.78, 5) is 4.19. The Morgan fingerprint density at radius 1 is 1.60 bits per heavy atom. The number of nitrogens with two attached hydrogens (primary N) is 1. The lowest BCUT2D eigenvalue weighted by Gasteiger charge is -2.42. The standard InChI is InChI=1S/C11H16N2O2/c1-7-3-8(6-13-10(7)15-2)11(12)4-9(14)5-11/h3,6,9,14H,4-5,12H2,1-2H3. The van der Waals surface area contributed by atoms with E-state index in [1.807, 2.05) is 13.0 Å². The molecule has 0 radical (unpaired) electrons. The average molecular weight is 208 g/mol. The van der Waals surface area contributed by atoms with Crippen LogP contribution in [0.4, 0.5) is 0 Å². The number of aliphatic hydroxyl groups excluding tert-OH is 1. The molecule has 82 valence electrons. The van der Waals surface area contributed by atoms with Gasteiger partial charge in [-0.3, -0.25) is 0 Å². The van der Waals surface area contributed by atoms with E-state index in [1.54, 1.807) is 13.3 Å². The van der Waals surface area contributed by atoms with Crippen molar-refractivity contribution < 1.29 is 9.84 Å². The minimum absolute atomic E-state index is 0.266. The molecular formula is C11H16N2O2. The molecule has 0 saturated heterocycles. The molecule has 4 nitrogen and oxygen atoms in total. The van der Waals surface area contributed by atoms with Gasteiger partial charge in [0.1, 0.15) is 0 Å². The number of hydrogen-bond donors (Lipinski definition) is 2. The van der Waals surface area contributed by atoms with Crippen LogP contribution in [0, 0.1) is 6.92 Å². The Balaban J connectivity index is 2.27. The van der Waals surface area contributed by atoms with Crippen molar-refractivity contribution in [3.05, 3.63) is 23.4 Å². The Morgan fingerprint density at radius 3 is 2.73 bits per heavy atom. The first-order valence-electron chi connectivity index (χ1n) is 5.03. The van der Waals surface area contributed by atoms with E-state index in [1.165, 1.54) is 0 Å². The Bertz CT molecular complexity index is 373. The van der Waals surface area contributed by atoms with Gasteiger partial charge in [0.05, 0.1) is 13.2 Å². The number of nitrogens with zero attached hydrogens (tertiary/aromatic N) is 1. The lowest BCUT2D eigenvalue weighted by molar-refractivity contribution is 0.0207. The number of methoxy groups -OCH3 is 1. The van der Waals surface area contributed by atoms with Gasteiger partial charge < -0.3 is 15.6 Å². The quantitative estimate of drug-likeness (QED) is 0.751. The molecule has 1 aromatic rings. The van der Waals surface area contributed by atoms with Gasteiger partial charge in [0.15, 0.2) is 0 Å². The van der Waals surface area contributed by atoms with Crippen LogP contribution < -0.4 is 10.5 Å². The van der Waals surface area contributed by atoms with E-state index in [-0.39, 0.29) is 6.10 Å². The predicted molar refractivity (Wildman–Crippen MR) is 56.6 cm³/mol. The normalized spacial score (nSPS) is 29.7. The van der Waals surface area contributed by atoms with Crippen molar-refractivity contribution in [2.24, 2.45) is 5.73 Å². The molecule has 3 N–H and O–H groups in total. The van der Waals surface area contributed by atoms with Crippen molar-refractivity contribution >= 4 is 0 Å². The monoisotopic (exact) mass is 208 g/mol. The Hall–Kier alpha value is -1.13. The molecular weight excluding hydrogens is 192 g/mol. The van der Waals surface area contributed by atoms with Gasteiger partial charge in [0.2, 0.25) is 5.88 Å². The van der Waals surface area contributed by atoms with E-state index >= 15 is 0 Å². The van der Waals surface area contributed by atoms with Gasteiger partial charge in [0.25, 0.3) is 0 Å². The second-order valence-electron chi connectivity index (χ2n) is 4.27. The van der Waals surface area contributed by atoms with Crippen molar-refractivity contribution in [3.63, 3.8) is 0 Å². The number of pyridine rings is 1. The summed E-state index contributed by atoms with van der Waals surface area (Å²) in [6.45, 7) is 1.94. The van der Waals surface area contributed by atoms with E-state index in [4.69, 9.17) is 10.5 Å². The second-order valence-corrected chi connectivity index (χ2v) is 4.27. The lowest BCUT2D eigenvalue weighted by Crippen LogP contribution is -2.51. The number of rotatable bonds is 2. The first kappa shape index (κ1) is 10.4. The molecule has 0 unspecified atom stereocenters. The van der Waals surface area contributed by atoms with E-state index in [0.29, 0.717) is 18.7 Å². The van der Waals surface area contributed by atoms with Gasteiger partial charge in [0, 0.05) is 17.3 Å². The van der Waals surface area contributed by atoms with E-state index in [0.717, 1.165) is 11.1 Å². The van der Waals surface area contributed by atoms with Crippen molar-refractivity contribution in [2.45, 2.75) is 31.4 Å². The number of ether oxygens (including phenoxy) is 1. The first-order valence-corrected chi connectivity index (χ1v) is 5.03. The van der Waals surface area contributed by atoms with Crippen LogP contribution in [-0.4, -0.2) is 23.3 Å². The van der Waals surface area contributed by atoms with Gasteiger partial charge in [-0.05, 0) is 31.4 Å². The minimum Gasteiger partial charge on any atom is -0.481 e. The molecule has 1 saturated carbocycles. The van der Waals surface area contributed by atoms with Crippen molar-refractivity contribution in [1.29, 1.82) is 0 Å². The molecule has 0 bridgehead atoms. The summed E-state index contributed by atoms with van der Waals surface area (Å²) in [5.41, 5.74) is 7.69. The maximum Gasteiger partial charge on any atom is 0.215 e. The maximum absolute atomic E-state index is 9.29. The maximum atomic E-state index is 9.29. The minimum atomic E-state index is -0.399. The van der Waals surface area contributed by atoms with Crippen LogP contribution in [-0.2, 0) is 5.54 Å². The molecule has 0 amide bonds. The topological polar surface area (TPSA) is 68.4 Å². The highest BCUT2D eigenvalue weighted by atomic mass is 16.5. The summed E-state index contributed by atoms with van der Waals surface area (Å²) in [6.07, 6.45) is 2.69. The van der Waals surface area contributed by atoms with E-state index < -0.39 is 5.54 Å².